The maximum Gasteiger partial charge on any atom is 0.401 e. The van der Waals surface area contributed by atoms with Crippen molar-refractivity contribution in [2.45, 2.75) is 59.3 Å². The third-order valence-electron chi connectivity index (χ3n) is 4.58. The van der Waals surface area contributed by atoms with Crippen LogP contribution in [0.15, 0.2) is 11.8 Å². The lowest BCUT2D eigenvalue weighted by molar-refractivity contribution is -0.223. The van der Waals surface area contributed by atoms with E-state index < -0.39 is 54.0 Å². The van der Waals surface area contributed by atoms with Crippen LogP contribution >= 0.6 is 0 Å². The Morgan fingerprint density at radius 1 is 0.913 bits per heavy atom. The molecule has 0 saturated heterocycles. The molecule has 0 aromatic rings. The van der Waals surface area contributed by atoms with Crippen molar-refractivity contribution in [2.24, 2.45) is 10.8 Å². The molecule has 0 saturated carbocycles. The molecule has 0 aliphatic heterocycles. The van der Waals surface area contributed by atoms with E-state index in [1.807, 2.05) is 0 Å². The summed E-state index contributed by atoms with van der Waals surface area (Å²) in [5.41, 5.74) is -5.24. The van der Waals surface area contributed by atoms with E-state index in [1.54, 1.807) is 0 Å². The number of halogens is 6. The Bertz CT molecular complexity index is 446. The zero-order valence-electron chi connectivity index (χ0n) is 13.8. The van der Waals surface area contributed by atoms with E-state index in [4.69, 9.17) is 4.74 Å². The molecule has 0 fully saturated rings. The second-order valence-electron chi connectivity index (χ2n) is 5.55. The van der Waals surface area contributed by atoms with Crippen LogP contribution in [-0.2, 0) is 9.53 Å². The molecule has 0 amide bonds. The molecule has 1 atom stereocenters. The van der Waals surface area contributed by atoms with Gasteiger partial charge >= 0.3 is 12.4 Å². The zero-order chi connectivity index (χ0) is 18.7. The van der Waals surface area contributed by atoms with Gasteiger partial charge in [-0.1, -0.05) is 20.8 Å². The molecule has 0 aliphatic carbocycles. The fourth-order valence-electron chi connectivity index (χ4n) is 2.32. The van der Waals surface area contributed by atoms with E-state index in [0.717, 1.165) is 14.0 Å². The number of hydrogen-bond donors (Lipinski definition) is 0. The van der Waals surface area contributed by atoms with Crippen LogP contribution in [0.5, 0.6) is 0 Å². The van der Waals surface area contributed by atoms with Gasteiger partial charge in [-0.05, 0) is 26.2 Å². The predicted molar refractivity (Wildman–Crippen MR) is 73.6 cm³/mol. The van der Waals surface area contributed by atoms with E-state index in [-0.39, 0.29) is 0 Å². The van der Waals surface area contributed by atoms with Crippen molar-refractivity contribution < 1.29 is 35.9 Å². The van der Waals surface area contributed by atoms with Gasteiger partial charge in [-0.25, -0.2) is 0 Å². The molecule has 0 radical (unpaired) electrons. The van der Waals surface area contributed by atoms with Crippen LogP contribution in [-0.4, -0.2) is 25.2 Å². The number of hydrogen-bond acceptors (Lipinski definition) is 2. The average molecular weight is 348 g/mol. The minimum Gasteiger partial charge on any atom is -0.500 e. The smallest absolute Gasteiger partial charge is 0.401 e. The topological polar surface area (TPSA) is 26.3 Å². The summed E-state index contributed by atoms with van der Waals surface area (Å²) in [4.78, 5) is 12.1. The average Bonchev–Trinajstić information content (AvgIpc) is 2.43. The SMILES string of the molecule is CCC(C)(C(=O)/C=C(\OC)C(CC)(CC)C(F)(F)F)C(F)(F)F. The minimum atomic E-state index is -4.87. The molecule has 0 spiro atoms. The lowest BCUT2D eigenvalue weighted by atomic mass is 9.76. The highest BCUT2D eigenvalue weighted by Crippen LogP contribution is 2.50. The fourth-order valence-corrected chi connectivity index (χ4v) is 2.32. The highest BCUT2D eigenvalue weighted by Gasteiger charge is 2.58. The summed E-state index contributed by atoms with van der Waals surface area (Å²) in [6.07, 6.45) is -10.7. The van der Waals surface area contributed by atoms with Crippen molar-refractivity contribution in [2.75, 3.05) is 7.11 Å². The van der Waals surface area contributed by atoms with Crippen molar-refractivity contribution in [3.63, 3.8) is 0 Å². The number of allylic oxidation sites excluding steroid dienone is 2. The van der Waals surface area contributed by atoms with Crippen molar-refractivity contribution in [1.82, 2.24) is 0 Å². The van der Waals surface area contributed by atoms with Crippen LogP contribution < -0.4 is 0 Å². The number of alkyl halides is 6. The van der Waals surface area contributed by atoms with Crippen LogP contribution in [0, 0.1) is 10.8 Å². The number of carbonyl (C=O) groups excluding carboxylic acids is 1. The largest absolute Gasteiger partial charge is 0.500 e. The second kappa shape index (κ2) is 7.13. The number of ether oxygens (including phenoxy) is 1. The number of ketones is 1. The van der Waals surface area contributed by atoms with Gasteiger partial charge in [-0.3, -0.25) is 4.79 Å². The van der Waals surface area contributed by atoms with E-state index in [0.29, 0.717) is 13.0 Å². The van der Waals surface area contributed by atoms with Crippen LogP contribution in [0.4, 0.5) is 26.3 Å². The zero-order valence-corrected chi connectivity index (χ0v) is 13.8. The highest BCUT2D eigenvalue weighted by atomic mass is 19.4. The van der Waals surface area contributed by atoms with Crippen molar-refractivity contribution >= 4 is 5.78 Å². The van der Waals surface area contributed by atoms with Crippen LogP contribution in [0.25, 0.3) is 0 Å². The first-order valence-electron chi connectivity index (χ1n) is 7.21. The standard InChI is InChI=1S/C15H22F6O2/c1-6-12(4,14(16,17)18)10(22)9-11(23-5)13(7-2,8-3)15(19,20)21/h9H,6-8H2,1-5H3/b11-9-. The minimum absolute atomic E-state index is 0.359. The van der Waals surface area contributed by atoms with Crippen LogP contribution in [0.1, 0.15) is 47.0 Å². The Morgan fingerprint density at radius 2 is 1.35 bits per heavy atom. The molecular formula is C15H22F6O2. The predicted octanol–water partition coefficient (Wildman–Crippen LogP) is 5.43. The monoisotopic (exact) mass is 348 g/mol. The first-order chi connectivity index (χ1) is 10.3. The number of carbonyl (C=O) groups is 1. The summed E-state index contributed by atoms with van der Waals surface area (Å²) in [6.45, 7) is 4.32. The van der Waals surface area contributed by atoms with Crippen molar-refractivity contribution in [1.29, 1.82) is 0 Å². The van der Waals surface area contributed by atoms with Crippen molar-refractivity contribution in [3.05, 3.63) is 11.8 Å². The molecule has 2 nitrogen and oxygen atoms in total. The van der Waals surface area contributed by atoms with Gasteiger partial charge in [0, 0.05) is 6.08 Å². The van der Waals surface area contributed by atoms with Gasteiger partial charge in [-0.15, -0.1) is 0 Å². The van der Waals surface area contributed by atoms with Gasteiger partial charge in [0.15, 0.2) is 5.78 Å². The maximum absolute atomic E-state index is 13.4. The van der Waals surface area contributed by atoms with Gasteiger partial charge in [-0.2, -0.15) is 26.3 Å². The second-order valence-corrected chi connectivity index (χ2v) is 5.55. The molecule has 23 heavy (non-hydrogen) atoms. The summed E-state index contributed by atoms with van der Waals surface area (Å²) in [5.74, 6) is -2.23. The molecule has 0 aromatic carbocycles. The van der Waals surface area contributed by atoms with Gasteiger partial charge < -0.3 is 4.74 Å². The fraction of sp³-hybridized carbons (Fsp3) is 0.800. The first-order valence-corrected chi connectivity index (χ1v) is 7.21. The van der Waals surface area contributed by atoms with Crippen LogP contribution in [0.3, 0.4) is 0 Å². The van der Waals surface area contributed by atoms with Gasteiger partial charge in [0.25, 0.3) is 0 Å². The Labute approximate surface area is 131 Å². The van der Waals surface area contributed by atoms with Gasteiger partial charge in [0.1, 0.15) is 16.6 Å². The van der Waals surface area contributed by atoms with Gasteiger partial charge in [0.2, 0.25) is 0 Å². The quantitative estimate of drug-likeness (QED) is 0.348. The molecule has 0 aliphatic rings. The summed E-state index contributed by atoms with van der Waals surface area (Å²) < 4.78 is 84.2. The molecule has 0 heterocycles. The third kappa shape index (κ3) is 3.83. The molecule has 8 heteroatoms. The molecular weight excluding hydrogens is 326 g/mol. The summed E-state index contributed by atoms with van der Waals surface area (Å²) in [5, 5.41) is 0. The molecule has 136 valence electrons. The maximum atomic E-state index is 13.4. The summed E-state index contributed by atoms with van der Waals surface area (Å²) in [7, 11) is 0.918. The van der Waals surface area contributed by atoms with E-state index in [9.17, 15) is 31.1 Å². The van der Waals surface area contributed by atoms with Gasteiger partial charge in [0.05, 0.1) is 7.11 Å². The number of methoxy groups -OCH3 is 1. The Hall–Kier alpha value is -1.21. The summed E-state index contributed by atoms with van der Waals surface area (Å²) in [6, 6.07) is 0. The normalized spacial score (nSPS) is 16.9. The molecule has 0 N–H and O–H groups in total. The lowest BCUT2D eigenvalue weighted by Gasteiger charge is -2.36. The third-order valence-corrected chi connectivity index (χ3v) is 4.58. The summed E-state index contributed by atoms with van der Waals surface area (Å²) >= 11 is 0. The Morgan fingerprint density at radius 3 is 1.57 bits per heavy atom. The van der Waals surface area contributed by atoms with E-state index in [2.05, 4.69) is 0 Å². The van der Waals surface area contributed by atoms with Crippen molar-refractivity contribution in [3.8, 4) is 0 Å². The molecule has 0 rings (SSSR count). The van der Waals surface area contributed by atoms with E-state index >= 15 is 0 Å². The molecule has 1 unspecified atom stereocenters. The molecule has 0 bridgehead atoms. The Kier molecular flexibility index (Phi) is 6.76. The van der Waals surface area contributed by atoms with E-state index in [1.165, 1.54) is 13.8 Å². The highest BCUT2D eigenvalue weighted by molar-refractivity contribution is 5.95. The number of rotatable bonds is 7. The van der Waals surface area contributed by atoms with Crippen LogP contribution in [0.2, 0.25) is 0 Å². The Balaban J connectivity index is 6.14. The molecule has 0 aromatic heterocycles. The lowest BCUT2D eigenvalue weighted by Crippen LogP contribution is -2.43. The first kappa shape index (κ1) is 21.8.